The van der Waals surface area contributed by atoms with Crippen molar-refractivity contribution in [2.75, 3.05) is 6.54 Å². The molecule has 108 valence electrons. The van der Waals surface area contributed by atoms with E-state index in [0.717, 1.165) is 0 Å². The summed E-state index contributed by atoms with van der Waals surface area (Å²) in [5, 5.41) is 9.17. The zero-order valence-corrected chi connectivity index (χ0v) is 10.9. The Labute approximate surface area is 110 Å². The molecule has 6 heteroatoms. The number of likely N-dealkylation sites (tertiary alicyclic amines) is 1. The minimum absolute atomic E-state index is 0.0773. The Balaban J connectivity index is 2.02. The van der Waals surface area contributed by atoms with Gasteiger partial charge in [0.25, 0.3) is 0 Å². The van der Waals surface area contributed by atoms with Gasteiger partial charge in [0.15, 0.2) is 0 Å². The van der Waals surface area contributed by atoms with Gasteiger partial charge in [-0.05, 0) is 25.2 Å². The van der Waals surface area contributed by atoms with E-state index in [0.29, 0.717) is 13.0 Å². The molecule has 19 heavy (non-hydrogen) atoms. The van der Waals surface area contributed by atoms with Crippen molar-refractivity contribution in [2.45, 2.75) is 51.0 Å². The van der Waals surface area contributed by atoms with Gasteiger partial charge >= 0.3 is 5.97 Å². The Morgan fingerprint density at radius 2 is 1.79 bits per heavy atom. The fourth-order valence-electron chi connectivity index (χ4n) is 3.09. The van der Waals surface area contributed by atoms with Gasteiger partial charge in [-0.25, -0.2) is 13.6 Å². The number of halogens is 2. The molecule has 4 nitrogen and oxygen atoms in total. The van der Waals surface area contributed by atoms with Crippen LogP contribution in [0.15, 0.2) is 0 Å². The predicted molar refractivity (Wildman–Crippen MR) is 63.8 cm³/mol. The summed E-state index contributed by atoms with van der Waals surface area (Å²) in [7, 11) is 0. The number of rotatable bonds is 2. The highest BCUT2D eigenvalue weighted by molar-refractivity contribution is 5.86. The molecule has 2 rings (SSSR count). The number of aliphatic carboxylic acids is 1. The van der Waals surface area contributed by atoms with Gasteiger partial charge in [-0.3, -0.25) is 4.79 Å². The predicted octanol–water partition coefficient (Wildman–Crippen LogP) is 2.13. The number of alkyl halides is 2. The van der Waals surface area contributed by atoms with Crippen LogP contribution in [0.25, 0.3) is 0 Å². The Morgan fingerprint density at radius 3 is 2.32 bits per heavy atom. The highest BCUT2D eigenvalue weighted by Crippen LogP contribution is 2.38. The summed E-state index contributed by atoms with van der Waals surface area (Å²) in [5.41, 5.74) is 0. The minimum Gasteiger partial charge on any atom is -0.480 e. The summed E-state index contributed by atoms with van der Waals surface area (Å²) in [5.74, 6) is -4.44. The van der Waals surface area contributed by atoms with Crippen LogP contribution in [0.2, 0.25) is 0 Å². The zero-order valence-electron chi connectivity index (χ0n) is 10.9. The molecule has 0 aromatic rings. The largest absolute Gasteiger partial charge is 0.480 e. The van der Waals surface area contributed by atoms with Gasteiger partial charge in [0.1, 0.15) is 6.04 Å². The molecule has 2 atom stereocenters. The molecular weight excluding hydrogens is 256 g/mol. The van der Waals surface area contributed by atoms with Gasteiger partial charge in [-0.15, -0.1) is 0 Å². The summed E-state index contributed by atoms with van der Waals surface area (Å²) >= 11 is 0. The molecule has 1 saturated carbocycles. The highest BCUT2D eigenvalue weighted by Gasteiger charge is 2.44. The molecule has 0 aromatic heterocycles. The Hall–Kier alpha value is -1.20. The topological polar surface area (TPSA) is 57.6 Å². The second-order valence-corrected chi connectivity index (χ2v) is 5.71. The van der Waals surface area contributed by atoms with E-state index in [4.69, 9.17) is 0 Å². The number of carboxylic acid groups (broad SMARTS) is 1. The summed E-state index contributed by atoms with van der Waals surface area (Å²) in [6, 6.07) is -0.796. The van der Waals surface area contributed by atoms with E-state index < -0.39 is 23.9 Å². The van der Waals surface area contributed by atoms with Crippen molar-refractivity contribution in [3.05, 3.63) is 0 Å². The van der Waals surface area contributed by atoms with Gasteiger partial charge in [-0.1, -0.05) is 6.92 Å². The fraction of sp³-hybridized carbons (Fsp3) is 0.846. The van der Waals surface area contributed by atoms with Crippen molar-refractivity contribution in [3.63, 3.8) is 0 Å². The van der Waals surface area contributed by atoms with Gasteiger partial charge < -0.3 is 10.0 Å². The average molecular weight is 275 g/mol. The molecule has 2 aliphatic rings. The maximum absolute atomic E-state index is 13.1. The third-order valence-corrected chi connectivity index (χ3v) is 4.30. The number of nitrogens with zero attached hydrogens (tertiary/aromatic N) is 1. The van der Waals surface area contributed by atoms with Crippen LogP contribution in [0, 0.1) is 11.8 Å². The normalized spacial score (nSPS) is 31.4. The molecule has 1 aliphatic heterocycles. The van der Waals surface area contributed by atoms with E-state index in [2.05, 4.69) is 0 Å². The zero-order chi connectivity index (χ0) is 14.2. The van der Waals surface area contributed by atoms with Crippen LogP contribution in [-0.2, 0) is 9.59 Å². The molecule has 0 aromatic carbocycles. The molecular formula is C13H19F2NO3. The number of carbonyl (C=O) groups is 2. The number of carbonyl (C=O) groups excluding carboxylic acids is 1. The first-order chi connectivity index (χ1) is 8.82. The van der Waals surface area contributed by atoms with Crippen molar-refractivity contribution < 1.29 is 23.5 Å². The molecule has 1 heterocycles. The number of amides is 1. The number of hydrogen-bond donors (Lipinski definition) is 1. The number of carboxylic acids is 1. The molecule has 2 unspecified atom stereocenters. The highest BCUT2D eigenvalue weighted by atomic mass is 19.3. The van der Waals surface area contributed by atoms with Crippen LogP contribution < -0.4 is 0 Å². The fourth-order valence-corrected chi connectivity index (χ4v) is 3.09. The van der Waals surface area contributed by atoms with E-state index in [1.807, 2.05) is 0 Å². The second-order valence-electron chi connectivity index (χ2n) is 5.71. The summed E-state index contributed by atoms with van der Waals surface area (Å²) in [6.45, 7) is 2.23. The first-order valence-corrected chi connectivity index (χ1v) is 6.73. The van der Waals surface area contributed by atoms with Crippen molar-refractivity contribution in [3.8, 4) is 0 Å². The number of hydrogen-bond acceptors (Lipinski definition) is 2. The smallest absolute Gasteiger partial charge is 0.326 e. The molecule has 1 amide bonds. The van der Waals surface area contributed by atoms with Gasteiger partial charge in [-0.2, -0.15) is 0 Å². The molecule has 1 N–H and O–H groups in total. The van der Waals surface area contributed by atoms with Crippen LogP contribution in [0.1, 0.15) is 39.0 Å². The van der Waals surface area contributed by atoms with Crippen molar-refractivity contribution >= 4 is 11.9 Å². The third kappa shape index (κ3) is 2.87. The summed E-state index contributed by atoms with van der Waals surface area (Å²) in [6.07, 6.45) is 0.423. The van der Waals surface area contributed by atoms with Gasteiger partial charge in [0, 0.05) is 25.3 Å². The Bertz CT molecular complexity index is 376. The van der Waals surface area contributed by atoms with Crippen LogP contribution in [0.3, 0.4) is 0 Å². The average Bonchev–Trinajstić information content (AvgIpc) is 2.70. The molecule has 2 fully saturated rings. The standard InChI is InChI=1S/C13H19F2NO3/c1-8-4-7-16(10(8)12(18)19)11(17)9-2-5-13(14,15)6-3-9/h8-10H,2-7H2,1H3,(H,18,19). The van der Waals surface area contributed by atoms with E-state index >= 15 is 0 Å². The SMILES string of the molecule is CC1CCN(C(=O)C2CCC(F)(F)CC2)C1C(=O)O. The van der Waals surface area contributed by atoms with Crippen LogP contribution in [0.4, 0.5) is 8.78 Å². The third-order valence-electron chi connectivity index (χ3n) is 4.30. The van der Waals surface area contributed by atoms with E-state index in [9.17, 15) is 23.5 Å². The quantitative estimate of drug-likeness (QED) is 0.840. The molecule has 1 saturated heterocycles. The van der Waals surface area contributed by atoms with E-state index in [1.54, 1.807) is 6.92 Å². The van der Waals surface area contributed by atoms with Crippen LogP contribution in [0.5, 0.6) is 0 Å². The first kappa shape index (κ1) is 14.2. The summed E-state index contributed by atoms with van der Waals surface area (Å²) < 4.78 is 26.1. The molecule has 0 bridgehead atoms. The Kier molecular flexibility index (Phi) is 3.78. The van der Waals surface area contributed by atoms with Crippen LogP contribution >= 0.6 is 0 Å². The lowest BCUT2D eigenvalue weighted by atomic mass is 9.85. The Morgan fingerprint density at radius 1 is 1.21 bits per heavy atom. The van der Waals surface area contributed by atoms with Crippen LogP contribution in [-0.4, -0.2) is 40.4 Å². The lowest BCUT2D eigenvalue weighted by molar-refractivity contribution is -0.152. The second kappa shape index (κ2) is 5.06. The monoisotopic (exact) mass is 275 g/mol. The maximum atomic E-state index is 13.1. The van der Waals surface area contributed by atoms with Gasteiger partial charge in [0.05, 0.1) is 0 Å². The van der Waals surface area contributed by atoms with Crippen molar-refractivity contribution in [1.82, 2.24) is 4.90 Å². The van der Waals surface area contributed by atoms with E-state index in [1.165, 1.54) is 4.90 Å². The molecule has 0 radical (unpaired) electrons. The molecule has 1 aliphatic carbocycles. The lowest BCUT2D eigenvalue weighted by Crippen LogP contribution is -2.46. The van der Waals surface area contributed by atoms with Gasteiger partial charge in [0.2, 0.25) is 11.8 Å². The van der Waals surface area contributed by atoms with Crippen molar-refractivity contribution in [1.29, 1.82) is 0 Å². The summed E-state index contributed by atoms with van der Waals surface area (Å²) in [4.78, 5) is 24.9. The van der Waals surface area contributed by atoms with Crippen molar-refractivity contribution in [2.24, 2.45) is 11.8 Å². The minimum atomic E-state index is -2.67. The maximum Gasteiger partial charge on any atom is 0.326 e. The lowest BCUT2D eigenvalue weighted by Gasteiger charge is -2.32. The molecule has 0 spiro atoms. The first-order valence-electron chi connectivity index (χ1n) is 6.73. The van der Waals surface area contributed by atoms with E-state index in [-0.39, 0.29) is 37.5 Å².